The molecule has 0 saturated heterocycles. The lowest BCUT2D eigenvalue weighted by atomic mass is 10.1. The number of nitrogens with two attached hydrogens (primary N) is 1. The van der Waals surface area contributed by atoms with Crippen molar-refractivity contribution in [1.29, 1.82) is 0 Å². The molecule has 0 unspecified atom stereocenters. The molecule has 2 aromatic rings. The van der Waals surface area contributed by atoms with E-state index in [1.54, 1.807) is 0 Å². The van der Waals surface area contributed by atoms with Crippen LogP contribution in [0.3, 0.4) is 0 Å². The lowest BCUT2D eigenvalue weighted by Gasteiger charge is -2.24. The van der Waals surface area contributed by atoms with Gasteiger partial charge in [0.1, 0.15) is 4.99 Å². The maximum absolute atomic E-state index is 6.36. The van der Waals surface area contributed by atoms with Crippen LogP contribution >= 0.6 is 23.8 Å². The van der Waals surface area contributed by atoms with E-state index in [0.717, 1.165) is 24.3 Å². The molecule has 20 heavy (non-hydrogen) atoms. The van der Waals surface area contributed by atoms with Crippen molar-refractivity contribution in [3.63, 3.8) is 0 Å². The molecule has 0 amide bonds. The summed E-state index contributed by atoms with van der Waals surface area (Å²) in [6.45, 7) is 3.81. The van der Waals surface area contributed by atoms with Gasteiger partial charge >= 0.3 is 0 Å². The van der Waals surface area contributed by atoms with Crippen LogP contribution in [0.1, 0.15) is 18.1 Å². The molecule has 0 bridgehead atoms. The standard InChI is InChI=1S/C16H17ClN2S/c1-2-19(11-12-6-4-3-5-7-12)15-9-8-13(16(18)20)10-14(15)17/h3-10H,2,11H2,1H3,(H2,18,20). The molecule has 0 atom stereocenters. The van der Waals surface area contributed by atoms with Gasteiger partial charge in [0, 0.05) is 18.7 Å². The SMILES string of the molecule is CCN(Cc1ccccc1)c1ccc(C(N)=S)cc1Cl. The molecule has 0 heterocycles. The fourth-order valence-electron chi connectivity index (χ4n) is 2.09. The molecule has 0 aliphatic carbocycles. The van der Waals surface area contributed by atoms with Gasteiger partial charge in [0.15, 0.2) is 0 Å². The summed E-state index contributed by atoms with van der Waals surface area (Å²) in [7, 11) is 0. The Balaban J connectivity index is 2.26. The monoisotopic (exact) mass is 304 g/mol. The van der Waals surface area contributed by atoms with Crippen LogP contribution < -0.4 is 10.6 Å². The van der Waals surface area contributed by atoms with Crippen molar-refractivity contribution >= 4 is 34.5 Å². The molecule has 2 rings (SSSR count). The van der Waals surface area contributed by atoms with Crippen molar-refractivity contribution in [2.24, 2.45) is 5.73 Å². The average molecular weight is 305 g/mol. The first-order valence-electron chi connectivity index (χ1n) is 6.50. The van der Waals surface area contributed by atoms with E-state index in [4.69, 9.17) is 29.6 Å². The van der Waals surface area contributed by atoms with Crippen LogP contribution in [0, 0.1) is 0 Å². The summed E-state index contributed by atoms with van der Waals surface area (Å²) >= 11 is 11.3. The highest BCUT2D eigenvalue weighted by molar-refractivity contribution is 7.80. The van der Waals surface area contributed by atoms with Crippen LogP contribution in [0.25, 0.3) is 0 Å². The summed E-state index contributed by atoms with van der Waals surface area (Å²) < 4.78 is 0. The predicted octanol–water partition coefficient (Wildman–Crippen LogP) is 4.00. The third-order valence-electron chi connectivity index (χ3n) is 3.17. The highest BCUT2D eigenvalue weighted by Crippen LogP contribution is 2.28. The average Bonchev–Trinajstić information content (AvgIpc) is 2.46. The smallest absolute Gasteiger partial charge is 0.104 e. The number of halogens is 1. The molecule has 0 fully saturated rings. The summed E-state index contributed by atoms with van der Waals surface area (Å²) in [5.41, 5.74) is 8.67. The van der Waals surface area contributed by atoms with Crippen LogP contribution in [-0.4, -0.2) is 11.5 Å². The molecular formula is C16H17ClN2S. The maximum Gasteiger partial charge on any atom is 0.104 e. The van der Waals surface area contributed by atoms with E-state index in [1.807, 2.05) is 36.4 Å². The van der Waals surface area contributed by atoms with Gasteiger partial charge in [-0.05, 0) is 30.7 Å². The second-order valence-corrected chi connectivity index (χ2v) is 5.38. The molecule has 0 saturated carbocycles. The van der Waals surface area contributed by atoms with Gasteiger partial charge in [-0.3, -0.25) is 0 Å². The predicted molar refractivity (Wildman–Crippen MR) is 90.5 cm³/mol. The summed E-state index contributed by atoms with van der Waals surface area (Å²) in [6, 6.07) is 16.0. The zero-order valence-corrected chi connectivity index (χ0v) is 12.9. The lowest BCUT2D eigenvalue weighted by Crippen LogP contribution is -2.22. The number of benzene rings is 2. The number of rotatable bonds is 5. The topological polar surface area (TPSA) is 29.3 Å². The molecule has 0 spiro atoms. The van der Waals surface area contributed by atoms with Crippen molar-refractivity contribution in [3.05, 3.63) is 64.7 Å². The van der Waals surface area contributed by atoms with Crippen molar-refractivity contribution in [1.82, 2.24) is 0 Å². The Kier molecular flexibility index (Phi) is 4.99. The Bertz CT molecular complexity index is 599. The lowest BCUT2D eigenvalue weighted by molar-refractivity contribution is 0.832. The Morgan fingerprint density at radius 2 is 1.90 bits per heavy atom. The largest absolute Gasteiger partial charge is 0.389 e. The molecule has 104 valence electrons. The summed E-state index contributed by atoms with van der Waals surface area (Å²) in [4.78, 5) is 2.59. The van der Waals surface area contributed by atoms with Crippen LogP contribution in [-0.2, 0) is 6.54 Å². The minimum absolute atomic E-state index is 0.365. The number of nitrogens with zero attached hydrogens (tertiary/aromatic N) is 1. The minimum Gasteiger partial charge on any atom is -0.389 e. The zero-order valence-electron chi connectivity index (χ0n) is 11.3. The summed E-state index contributed by atoms with van der Waals surface area (Å²) in [5.74, 6) is 0. The quantitative estimate of drug-likeness (QED) is 0.847. The fourth-order valence-corrected chi connectivity index (χ4v) is 2.51. The normalized spacial score (nSPS) is 10.3. The Hall–Kier alpha value is -1.58. The Morgan fingerprint density at radius 1 is 1.20 bits per heavy atom. The van der Waals surface area contributed by atoms with E-state index in [9.17, 15) is 0 Å². The van der Waals surface area contributed by atoms with E-state index >= 15 is 0 Å². The first kappa shape index (κ1) is 14.8. The number of anilines is 1. The van der Waals surface area contributed by atoms with E-state index in [-0.39, 0.29) is 0 Å². The van der Waals surface area contributed by atoms with E-state index < -0.39 is 0 Å². The van der Waals surface area contributed by atoms with E-state index in [0.29, 0.717) is 10.0 Å². The molecule has 2 nitrogen and oxygen atoms in total. The van der Waals surface area contributed by atoms with Crippen LogP contribution in [0.2, 0.25) is 5.02 Å². The first-order valence-corrected chi connectivity index (χ1v) is 7.28. The van der Waals surface area contributed by atoms with Gasteiger partial charge in [0.25, 0.3) is 0 Å². The second-order valence-electron chi connectivity index (χ2n) is 4.53. The molecule has 0 aromatic heterocycles. The Labute approximate surface area is 130 Å². The minimum atomic E-state index is 0.365. The van der Waals surface area contributed by atoms with E-state index in [2.05, 4.69) is 24.0 Å². The number of hydrogen-bond acceptors (Lipinski definition) is 2. The van der Waals surface area contributed by atoms with Crippen molar-refractivity contribution in [2.75, 3.05) is 11.4 Å². The highest BCUT2D eigenvalue weighted by atomic mass is 35.5. The van der Waals surface area contributed by atoms with Gasteiger partial charge in [-0.25, -0.2) is 0 Å². The molecule has 2 N–H and O–H groups in total. The Morgan fingerprint density at radius 3 is 2.45 bits per heavy atom. The number of hydrogen-bond donors (Lipinski definition) is 1. The van der Waals surface area contributed by atoms with Crippen molar-refractivity contribution in [2.45, 2.75) is 13.5 Å². The first-order chi connectivity index (χ1) is 9.61. The van der Waals surface area contributed by atoms with Gasteiger partial charge in [0.2, 0.25) is 0 Å². The van der Waals surface area contributed by atoms with Crippen LogP contribution in [0.5, 0.6) is 0 Å². The molecule has 4 heteroatoms. The molecule has 0 aliphatic heterocycles. The third kappa shape index (κ3) is 3.50. The maximum atomic E-state index is 6.36. The summed E-state index contributed by atoms with van der Waals surface area (Å²) in [6.07, 6.45) is 0. The van der Waals surface area contributed by atoms with Gasteiger partial charge in [0.05, 0.1) is 10.7 Å². The summed E-state index contributed by atoms with van der Waals surface area (Å²) in [5, 5.41) is 0.674. The van der Waals surface area contributed by atoms with Gasteiger partial charge in [-0.1, -0.05) is 54.2 Å². The highest BCUT2D eigenvalue weighted by Gasteiger charge is 2.10. The molecular weight excluding hydrogens is 288 g/mol. The molecule has 0 aliphatic rings. The third-order valence-corrected chi connectivity index (χ3v) is 3.71. The van der Waals surface area contributed by atoms with Gasteiger partial charge < -0.3 is 10.6 Å². The fraction of sp³-hybridized carbons (Fsp3) is 0.188. The van der Waals surface area contributed by atoms with Crippen molar-refractivity contribution < 1.29 is 0 Å². The number of thiocarbonyl (C=S) groups is 1. The van der Waals surface area contributed by atoms with Crippen LogP contribution in [0.15, 0.2) is 48.5 Å². The van der Waals surface area contributed by atoms with E-state index in [1.165, 1.54) is 5.56 Å². The second kappa shape index (κ2) is 6.73. The molecule has 0 radical (unpaired) electrons. The zero-order chi connectivity index (χ0) is 14.5. The van der Waals surface area contributed by atoms with Crippen molar-refractivity contribution in [3.8, 4) is 0 Å². The van der Waals surface area contributed by atoms with Gasteiger partial charge in [-0.2, -0.15) is 0 Å². The van der Waals surface area contributed by atoms with Crippen LogP contribution in [0.4, 0.5) is 5.69 Å². The van der Waals surface area contributed by atoms with Gasteiger partial charge in [-0.15, -0.1) is 0 Å². The molecule has 2 aromatic carbocycles.